The average Bonchev–Trinajstić information content (AvgIpc) is 2.12. The molecule has 48 valence electrons. The topological polar surface area (TPSA) is 46.5 Å². The molecule has 1 heterocycles. The van der Waals surface area contributed by atoms with Crippen LogP contribution in [0, 0.1) is 0 Å². The first-order chi connectivity index (χ1) is 3.80. The van der Waals surface area contributed by atoms with E-state index in [2.05, 4.69) is 0 Å². The molecule has 1 aliphatic rings. The second-order valence-electron chi connectivity index (χ2n) is 1.76. The highest BCUT2D eigenvalue weighted by Crippen LogP contribution is 2.08. The Morgan fingerprint density at radius 1 is 1.75 bits per heavy atom. The van der Waals surface area contributed by atoms with E-state index in [-0.39, 0.29) is 5.25 Å². The van der Waals surface area contributed by atoms with Crippen molar-refractivity contribution in [2.24, 2.45) is 0 Å². The zero-order valence-corrected chi connectivity index (χ0v) is 5.19. The lowest BCUT2D eigenvalue weighted by molar-refractivity contribution is 0.198. The van der Waals surface area contributed by atoms with Gasteiger partial charge >= 0.3 is 0 Å². The standard InChI is InChI=1S/C4H8O3S/c5-8(6)4-1-2-7-3-4/h4H,1-3H2,(H,5,6). The second-order valence-corrected chi connectivity index (χ2v) is 2.98. The van der Waals surface area contributed by atoms with Crippen LogP contribution >= 0.6 is 0 Å². The van der Waals surface area contributed by atoms with E-state index in [9.17, 15) is 4.21 Å². The molecule has 3 nitrogen and oxygen atoms in total. The SMILES string of the molecule is O=S(O)C1CCOC1. The average molecular weight is 136 g/mol. The Kier molecular flexibility index (Phi) is 1.99. The predicted molar refractivity (Wildman–Crippen MR) is 30.0 cm³/mol. The van der Waals surface area contributed by atoms with Gasteiger partial charge in [-0.1, -0.05) is 0 Å². The Hall–Kier alpha value is 0.0700. The highest BCUT2D eigenvalue weighted by atomic mass is 32.2. The Balaban J connectivity index is 2.35. The fourth-order valence-corrected chi connectivity index (χ4v) is 1.18. The molecule has 0 bridgehead atoms. The third kappa shape index (κ3) is 1.27. The van der Waals surface area contributed by atoms with Gasteiger partial charge in [-0.05, 0) is 6.42 Å². The van der Waals surface area contributed by atoms with Crippen LogP contribution in [0.2, 0.25) is 0 Å². The first-order valence-corrected chi connectivity index (χ1v) is 3.65. The van der Waals surface area contributed by atoms with Gasteiger partial charge in [-0.15, -0.1) is 0 Å². The van der Waals surface area contributed by atoms with Gasteiger partial charge in [0.05, 0.1) is 11.9 Å². The molecule has 1 N–H and O–H groups in total. The van der Waals surface area contributed by atoms with Gasteiger partial charge in [-0.3, -0.25) is 0 Å². The maximum absolute atomic E-state index is 10.2. The summed E-state index contributed by atoms with van der Waals surface area (Å²) in [5.74, 6) is 0. The lowest BCUT2D eigenvalue weighted by Gasteiger charge is -1.96. The van der Waals surface area contributed by atoms with Crippen molar-refractivity contribution in [1.29, 1.82) is 0 Å². The summed E-state index contributed by atoms with van der Waals surface area (Å²) in [7, 11) is 0. The van der Waals surface area contributed by atoms with Crippen LogP contribution in [0.1, 0.15) is 6.42 Å². The first-order valence-electron chi connectivity index (χ1n) is 2.48. The minimum absolute atomic E-state index is 0.130. The van der Waals surface area contributed by atoms with Crippen LogP contribution in [-0.2, 0) is 15.8 Å². The van der Waals surface area contributed by atoms with Gasteiger partial charge in [0.1, 0.15) is 0 Å². The fourth-order valence-electron chi connectivity index (χ4n) is 0.672. The highest BCUT2D eigenvalue weighted by Gasteiger charge is 2.20. The van der Waals surface area contributed by atoms with Crippen LogP contribution in [0.15, 0.2) is 0 Å². The van der Waals surface area contributed by atoms with E-state index in [1.165, 1.54) is 0 Å². The summed E-state index contributed by atoms with van der Waals surface area (Å²) in [5, 5.41) is -0.130. The summed E-state index contributed by atoms with van der Waals surface area (Å²) in [4.78, 5) is 0. The zero-order valence-electron chi connectivity index (χ0n) is 4.37. The molecule has 2 atom stereocenters. The summed E-state index contributed by atoms with van der Waals surface area (Å²) >= 11 is -1.67. The molecule has 2 unspecified atom stereocenters. The fraction of sp³-hybridized carbons (Fsp3) is 1.00. The summed E-state index contributed by atoms with van der Waals surface area (Å²) in [6.07, 6.45) is 0.725. The first kappa shape index (κ1) is 6.19. The summed E-state index contributed by atoms with van der Waals surface area (Å²) < 4.78 is 23.5. The van der Waals surface area contributed by atoms with Gasteiger partial charge in [-0.2, -0.15) is 0 Å². The molecule has 0 aliphatic carbocycles. The van der Waals surface area contributed by atoms with Crippen molar-refractivity contribution >= 4 is 11.1 Å². The monoisotopic (exact) mass is 136 g/mol. The smallest absolute Gasteiger partial charge is 0.158 e. The van der Waals surface area contributed by atoms with Crippen molar-refractivity contribution in [3.05, 3.63) is 0 Å². The van der Waals surface area contributed by atoms with Gasteiger partial charge in [-0.25, -0.2) is 4.21 Å². The molecule has 0 saturated carbocycles. The van der Waals surface area contributed by atoms with E-state index in [1.807, 2.05) is 0 Å². The normalized spacial score (nSPS) is 32.9. The third-order valence-corrected chi connectivity index (χ3v) is 2.12. The molecule has 0 aromatic carbocycles. The molecule has 4 heteroatoms. The van der Waals surface area contributed by atoms with E-state index >= 15 is 0 Å². The summed E-state index contributed by atoms with van der Waals surface area (Å²) in [6.45, 7) is 1.08. The number of rotatable bonds is 1. The molecule has 0 aromatic rings. The molecule has 0 amide bonds. The molecule has 1 aliphatic heterocycles. The van der Waals surface area contributed by atoms with Crippen LogP contribution in [0.4, 0.5) is 0 Å². The van der Waals surface area contributed by atoms with Gasteiger partial charge in [0, 0.05) is 6.61 Å². The lowest BCUT2D eigenvalue weighted by Crippen LogP contribution is -2.12. The second kappa shape index (κ2) is 2.57. The van der Waals surface area contributed by atoms with Crippen molar-refractivity contribution in [2.75, 3.05) is 13.2 Å². The van der Waals surface area contributed by atoms with E-state index in [4.69, 9.17) is 9.29 Å². The predicted octanol–water partition coefficient (Wildman–Crippen LogP) is -0.00300. The minimum atomic E-state index is -1.67. The van der Waals surface area contributed by atoms with Gasteiger partial charge < -0.3 is 9.29 Å². The van der Waals surface area contributed by atoms with Crippen LogP contribution in [0.3, 0.4) is 0 Å². The van der Waals surface area contributed by atoms with Crippen molar-refractivity contribution in [3.8, 4) is 0 Å². The maximum Gasteiger partial charge on any atom is 0.158 e. The number of ether oxygens (including phenoxy) is 1. The van der Waals surface area contributed by atoms with E-state index in [0.717, 1.165) is 6.42 Å². The Morgan fingerprint density at radius 2 is 2.50 bits per heavy atom. The largest absolute Gasteiger partial charge is 0.380 e. The Morgan fingerprint density at radius 3 is 2.75 bits per heavy atom. The van der Waals surface area contributed by atoms with E-state index in [1.54, 1.807) is 0 Å². The third-order valence-electron chi connectivity index (χ3n) is 1.17. The maximum atomic E-state index is 10.2. The molecular formula is C4H8O3S. The summed E-state index contributed by atoms with van der Waals surface area (Å²) in [6, 6.07) is 0. The molecule has 0 radical (unpaired) electrons. The number of hydrogen-bond acceptors (Lipinski definition) is 2. The van der Waals surface area contributed by atoms with Crippen LogP contribution in [0.5, 0.6) is 0 Å². The van der Waals surface area contributed by atoms with Gasteiger partial charge in [0.2, 0.25) is 0 Å². The zero-order chi connectivity index (χ0) is 5.98. The van der Waals surface area contributed by atoms with E-state index < -0.39 is 11.1 Å². The van der Waals surface area contributed by atoms with Crippen LogP contribution in [-0.4, -0.2) is 27.2 Å². The molecule has 8 heavy (non-hydrogen) atoms. The van der Waals surface area contributed by atoms with Gasteiger partial charge in [0.25, 0.3) is 0 Å². The van der Waals surface area contributed by atoms with Crippen molar-refractivity contribution < 1.29 is 13.5 Å². The lowest BCUT2D eigenvalue weighted by atomic mass is 10.4. The van der Waals surface area contributed by atoms with Crippen LogP contribution < -0.4 is 0 Å². The molecule has 0 spiro atoms. The van der Waals surface area contributed by atoms with Crippen LogP contribution in [0.25, 0.3) is 0 Å². The molecule has 1 saturated heterocycles. The molecular weight excluding hydrogens is 128 g/mol. The van der Waals surface area contributed by atoms with Crippen molar-refractivity contribution in [1.82, 2.24) is 0 Å². The Bertz CT molecular complexity index is 97.5. The minimum Gasteiger partial charge on any atom is -0.380 e. The molecule has 1 rings (SSSR count). The summed E-state index contributed by atoms with van der Waals surface area (Å²) in [5.41, 5.74) is 0. The Labute approximate surface area is 50.3 Å². The molecule has 1 fully saturated rings. The van der Waals surface area contributed by atoms with Crippen molar-refractivity contribution in [3.63, 3.8) is 0 Å². The highest BCUT2D eigenvalue weighted by molar-refractivity contribution is 7.79. The van der Waals surface area contributed by atoms with Crippen molar-refractivity contribution in [2.45, 2.75) is 11.7 Å². The van der Waals surface area contributed by atoms with Gasteiger partial charge in [0.15, 0.2) is 11.1 Å². The quantitative estimate of drug-likeness (QED) is 0.516. The van der Waals surface area contributed by atoms with E-state index in [0.29, 0.717) is 13.2 Å². The number of hydrogen-bond donors (Lipinski definition) is 1. The molecule has 0 aromatic heterocycles.